The molecule has 458 valence electrons. The fourth-order valence-corrected chi connectivity index (χ4v) is 10.2. The first-order valence-electron chi connectivity index (χ1n) is 27.6. The van der Waals surface area contributed by atoms with Gasteiger partial charge in [0.1, 0.15) is 60.3 Å². The third-order valence-corrected chi connectivity index (χ3v) is 14.9. The number of ether oxygens (including phenoxy) is 1. The number of hydrogen-bond donors (Lipinski definition) is 15. The van der Waals surface area contributed by atoms with Crippen LogP contribution in [0.25, 0.3) is 0 Å². The quantitative estimate of drug-likeness (QED) is 0.0289. The lowest BCUT2D eigenvalue weighted by Gasteiger charge is -2.34. The standard InChI is InChI=1S/C53H85N9O18.ClH/c1-5-27(2)22-28(3)12-10-8-6-7-9-11-13-39(69)56-33-24-37(67)49(75)60-51(77)44-35(65)19-21-61(44)53(79)42(36(66)25-38(55)68)58-50(76)43(46(72)45(71)30-14-16-32(17-15-30)80-40(70)18-20-54)59-48(74)34-23-31(64)26-62(34)52(78)41(29(4)63)57-47(33)73;/h14-17,27-29,31,33-37,41-46,49,63-67,71-72,75H,5-13,18-26,54H2,1-4H3,(H2,55,68)(H,56,69)(H,57,73)(H,58,76)(H,59,74)(H,60,77);1H/t27?,28?,29-,31+,33-,34-,35-,36-,37+,41-,42-,43-,44-,45-,46-,49+;/m0./s1. The Morgan fingerprint density at radius 3 is 1.95 bits per heavy atom. The van der Waals surface area contributed by atoms with Crippen molar-refractivity contribution in [2.24, 2.45) is 23.3 Å². The zero-order valence-corrected chi connectivity index (χ0v) is 47.2. The minimum atomic E-state index is -2.41. The number of carbonyl (C=O) groups is 9. The van der Waals surface area contributed by atoms with Gasteiger partial charge in [0.15, 0.2) is 6.23 Å². The Bertz CT molecular complexity index is 2270. The number of carbonyl (C=O) groups excluding carboxylic acids is 9. The highest BCUT2D eigenvalue weighted by Gasteiger charge is 2.49. The zero-order chi connectivity index (χ0) is 59.5. The average Bonchev–Trinajstić information content (AvgIpc) is 4.02. The van der Waals surface area contributed by atoms with E-state index in [4.69, 9.17) is 16.2 Å². The van der Waals surface area contributed by atoms with E-state index < -0.39 is 171 Å². The predicted molar refractivity (Wildman–Crippen MR) is 290 cm³/mol. The molecule has 0 radical (unpaired) electrons. The van der Waals surface area contributed by atoms with E-state index in [1.54, 1.807) is 0 Å². The molecule has 0 aliphatic carbocycles. The highest BCUT2D eigenvalue weighted by atomic mass is 35.5. The second kappa shape index (κ2) is 33.5. The molecule has 3 aliphatic rings. The number of esters is 1. The lowest BCUT2D eigenvalue weighted by molar-refractivity contribution is -0.149. The third kappa shape index (κ3) is 20.6. The van der Waals surface area contributed by atoms with Crippen LogP contribution in [-0.4, -0.2) is 203 Å². The molecule has 3 aliphatic heterocycles. The smallest absolute Gasteiger partial charge is 0.312 e. The first-order valence-corrected chi connectivity index (χ1v) is 27.6. The summed E-state index contributed by atoms with van der Waals surface area (Å²) >= 11 is 0. The van der Waals surface area contributed by atoms with E-state index in [0.29, 0.717) is 29.6 Å². The van der Waals surface area contributed by atoms with Crippen molar-refractivity contribution < 1.29 is 88.7 Å². The molecule has 81 heavy (non-hydrogen) atoms. The van der Waals surface area contributed by atoms with E-state index in [2.05, 4.69) is 47.4 Å². The number of primary amides is 1. The van der Waals surface area contributed by atoms with Crippen LogP contribution in [0.3, 0.4) is 0 Å². The fraction of sp³-hybridized carbons (Fsp3) is 0.717. The van der Waals surface area contributed by atoms with Crippen LogP contribution in [-0.2, 0) is 43.2 Å². The average molecular weight is 1170 g/mol. The maximum Gasteiger partial charge on any atom is 0.312 e. The van der Waals surface area contributed by atoms with Crippen LogP contribution >= 0.6 is 12.4 Å². The maximum atomic E-state index is 14.5. The number of rotatable bonds is 23. The first kappa shape index (κ1) is 69.6. The summed E-state index contributed by atoms with van der Waals surface area (Å²) in [6.07, 6.45) is -10.7. The number of nitrogens with two attached hydrogens (primary N) is 2. The third-order valence-electron chi connectivity index (χ3n) is 14.9. The van der Waals surface area contributed by atoms with Gasteiger partial charge in [-0.3, -0.25) is 43.2 Å². The summed E-state index contributed by atoms with van der Waals surface area (Å²) in [5, 5.41) is 101. The molecule has 16 atom stereocenters. The van der Waals surface area contributed by atoms with E-state index in [9.17, 15) is 84.0 Å². The molecular weight excluding hydrogens is 1090 g/mol. The van der Waals surface area contributed by atoms with Gasteiger partial charge in [0.2, 0.25) is 47.3 Å². The number of hydrogen-bond acceptors (Lipinski definition) is 19. The van der Waals surface area contributed by atoms with Crippen LogP contribution < -0.4 is 42.8 Å². The molecule has 27 nitrogen and oxygen atoms in total. The molecule has 3 fully saturated rings. The number of benzene rings is 1. The second-order valence-electron chi connectivity index (χ2n) is 21.6. The fourth-order valence-electron chi connectivity index (χ4n) is 10.2. The molecule has 1 aromatic carbocycles. The van der Waals surface area contributed by atoms with Crippen LogP contribution in [0.4, 0.5) is 0 Å². The number of aliphatic hydroxyl groups is 8. The maximum absolute atomic E-state index is 14.5. The molecule has 0 bridgehead atoms. The Balaban J connectivity index is 0.0000172. The van der Waals surface area contributed by atoms with Gasteiger partial charge in [0.05, 0.1) is 37.3 Å². The Labute approximate surface area is 477 Å². The molecule has 17 N–H and O–H groups in total. The second-order valence-corrected chi connectivity index (χ2v) is 21.6. The van der Waals surface area contributed by atoms with E-state index in [1.165, 1.54) is 30.7 Å². The molecule has 0 saturated carbocycles. The minimum absolute atomic E-state index is 0. The molecular formula is C53H86ClN9O18. The van der Waals surface area contributed by atoms with Crippen molar-refractivity contribution in [2.45, 2.75) is 209 Å². The largest absolute Gasteiger partial charge is 0.426 e. The van der Waals surface area contributed by atoms with Crippen molar-refractivity contribution in [3.63, 3.8) is 0 Å². The molecule has 0 spiro atoms. The van der Waals surface area contributed by atoms with Crippen LogP contribution in [0.5, 0.6) is 5.75 Å². The SMILES string of the molecule is CCC(C)CC(C)CCCCCCCCC(=O)N[C@H]1C[C@@H](O)[C@@H](O)NC(=O)[C@@H]2[C@@H](O)CCN2C(=O)[C@H]([C@@H](O)CC(N)=O)NC(=O)[C@H]([C@H](O)[C@@H](O)c2ccc(OC(=O)CCN)cc2)NC(=O)[C@@H]2C[C@@H](O)CN2C(=O)[C@H]([C@H](C)O)NC1=O.Cl. The van der Waals surface area contributed by atoms with Gasteiger partial charge in [0, 0.05) is 38.9 Å². The molecule has 0 aromatic heterocycles. The highest BCUT2D eigenvalue weighted by molar-refractivity contribution is 5.98. The number of halogens is 1. The molecule has 3 saturated heterocycles. The number of amides is 8. The van der Waals surface area contributed by atoms with Crippen LogP contribution in [0.2, 0.25) is 0 Å². The van der Waals surface area contributed by atoms with E-state index in [0.717, 1.165) is 50.3 Å². The van der Waals surface area contributed by atoms with E-state index >= 15 is 0 Å². The summed E-state index contributed by atoms with van der Waals surface area (Å²) in [5.74, 6) is -9.17. The van der Waals surface area contributed by atoms with Gasteiger partial charge >= 0.3 is 5.97 Å². The van der Waals surface area contributed by atoms with Gasteiger partial charge in [-0.25, -0.2) is 0 Å². The van der Waals surface area contributed by atoms with Crippen molar-refractivity contribution in [2.75, 3.05) is 19.6 Å². The van der Waals surface area contributed by atoms with E-state index in [1.807, 2.05) is 0 Å². The number of nitrogens with one attached hydrogen (secondary N) is 5. The van der Waals surface area contributed by atoms with Crippen LogP contribution in [0.1, 0.15) is 136 Å². The predicted octanol–water partition coefficient (Wildman–Crippen LogP) is -3.37. The summed E-state index contributed by atoms with van der Waals surface area (Å²) in [6, 6.07) is -7.30. The topological polar surface area (TPSA) is 443 Å². The minimum Gasteiger partial charge on any atom is -0.426 e. The van der Waals surface area contributed by atoms with Crippen LogP contribution in [0.15, 0.2) is 24.3 Å². The summed E-state index contributed by atoms with van der Waals surface area (Å²) in [7, 11) is 0. The van der Waals surface area contributed by atoms with Crippen molar-refractivity contribution in [1.82, 2.24) is 36.4 Å². The molecule has 28 heteroatoms. The van der Waals surface area contributed by atoms with Crippen molar-refractivity contribution in [1.29, 1.82) is 0 Å². The normalized spacial score (nSPS) is 27.5. The van der Waals surface area contributed by atoms with Gasteiger partial charge in [-0.05, 0) is 55.7 Å². The Hall–Kier alpha value is -5.62. The van der Waals surface area contributed by atoms with Crippen LogP contribution in [0, 0.1) is 11.8 Å². The molecule has 4 rings (SSSR count). The number of unbranched alkanes of at least 4 members (excludes halogenated alkanes) is 5. The summed E-state index contributed by atoms with van der Waals surface area (Å²) < 4.78 is 5.17. The Morgan fingerprint density at radius 1 is 0.728 bits per heavy atom. The molecule has 2 unspecified atom stereocenters. The molecule has 8 amide bonds. The van der Waals surface area contributed by atoms with Gasteiger partial charge in [0.25, 0.3) is 0 Å². The lowest BCUT2D eigenvalue weighted by Crippen LogP contribution is -2.64. The first-order chi connectivity index (χ1) is 37.8. The number of fused-ring (bicyclic) bond motifs is 2. The van der Waals surface area contributed by atoms with E-state index in [-0.39, 0.29) is 49.5 Å². The molecule has 1 aromatic rings. The lowest BCUT2D eigenvalue weighted by atomic mass is 9.91. The summed E-state index contributed by atoms with van der Waals surface area (Å²) in [6.45, 7) is 6.69. The molecule has 3 heterocycles. The van der Waals surface area contributed by atoms with Gasteiger partial charge in [-0.2, -0.15) is 0 Å². The van der Waals surface area contributed by atoms with Gasteiger partial charge in [-0.1, -0.05) is 77.8 Å². The van der Waals surface area contributed by atoms with Crippen molar-refractivity contribution >= 4 is 65.6 Å². The van der Waals surface area contributed by atoms with Crippen molar-refractivity contribution in [3.8, 4) is 5.75 Å². The van der Waals surface area contributed by atoms with Gasteiger partial charge < -0.3 is 93.4 Å². The Kier molecular flexibility index (Phi) is 28.8. The van der Waals surface area contributed by atoms with Gasteiger partial charge in [-0.15, -0.1) is 12.4 Å². The summed E-state index contributed by atoms with van der Waals surface area (Å²) in [4.78, 5) is 125. The highest BCUT2D eigenvalue weighted by Crippen LogP contribution is 2.27. The van der Waals surface area contributed by atoms with Crippen molar-refractivity contribution in [3.05, 3.63) is 29.8 Å². The number of aliphatic hydroxyl groups excluding tert-OH is 8. The number of nitrogens with zero attached hydrogens (tertiary/aromatic N) is 2. The monoisotopic (exact) mass is 1170 g/mol. The zero-order valence-electron chi connectivity index (χ0n) is 46.4. The Morgan fingerprint density at radius 2 is 1.33 bits per heavy atom. The summed E-state index contributed by atoms with van der Waals surface area (Å²) in [5.41, 5.74) is 10.6.